The van der Waals surface area contributed by atoms with Gasteiger partial charge in [0, 0.05) is 18.8 Å². The van der Waals surface area contributed by atoms with E-state index in [2.05, 4.69) is 9.97 Å². The molecule has 0 fully saturated rings. The van der Waals surface area contributed by atoms with Gasteiger partial charge in [0.1, 0.15) is 5.69 Å². The Kier molecular flexibility index (Phi) is 5.37. The third-order valence-corrected chi connectivity index (χ3v) is 5.53. The fourth-order valence-corrected chi connectivity index (χ4v) is 3.25. The molecule has 0 saturated carbocycles. The SMILES string of the molecule is [B]c1ncc(-c2cccc(C)c2C)c(C(=O)N(C)C(C)(C)c2ccccc2)n1. The molecule has 0 bridgehead atoms. The first kappa shape index (κ1) is 19.8. The van der Waals surface area contributed by atoms with Crippen molar-refractivity contribution in [2.24, 2.45) is 0 Å². The first-order valence-electron chi connectivity index (χ1n) is 9.26. The van der Waals surface area contributed by atoms with Crippen LogP contribution in [-0.2, 0) is 5.54 Å². The smallest absolute Gasteiger partial charge is 0.273 e. The number of carbonyl (C=O) groups excluding carboxylic acids is 1. The van der Waals surface area contributed by atoms with Crippen LogP contribution in [0.3, 0.4) is 0 Å². The number of aryl methyl sites for hydroxylation is 1. The van der Waals surface area contributed by atoms with Gasteiger partial charge in [0.25, 0.3) is 5.91 Å². The van der Waals surface area contributed by atoms with E-state index in [-0.39, 0.29) is 11.6 Å². The maximum atomic E-state index is 13.5. The third kappa shape index (κ3) is 3.57. The molecule has 28 heavy (non-hydrogen) atoms. The number of aromatic nitrogens is 2. The molecular formula is C23H24BN3O. The highest BCUT2D eigenvalue weighted by Gasteiger charge is 2.32. The van der Waals surface area contributed by atoms with Crippen molar-refractivity contribution >= 4 is 19.5 Å². The minimum Gasteiger partial charge on any atom is -0.331 e. The van der Waals surface area contributed by atoms with E-state index in [9.17, 15) is 4.79 Å². The topological polar surface area (TPSA) is 46.1 Å². The summed E-state index contributed by atoms with van der Waals surface area (Å²) in [4.78, 5) is 23.7. The van der Waals surface area contributed by atoms with Crippen molar-refractivity contribution in [2.75, 3.05) is 7.05 Å². The number of amides is 1. The summed E-state index contributed by atoms with van der Waals surface area (Å²) in [6.45, 7) is 8.11. The summed E-state index contributed by atoms with van der Waals surface area (Å²) in [5, 5.41) is 0. The van der Waals surface area contributed by atoms with E-state index in [4.69, 9.17) is 7.85 Å². The molecule has 0 aliphatic rings. The van der Waals surface area contributed by atoms with E-state index < -0.39 is 5.54 Å². The molecule has 0 spiro atoms. The molecule has 140 valence electrons. The molecule has 1 aromatic heterocycles. The van der Waals surface area contributed by atoms with Crippen LogP contribution in [0.15, 0.2) is 54.7 Å². The van der Waals surface area contributed by atoms with E-state index in [0.29, 0.717) is 11.3 Å². The van der Waals surface area contributed by atoms with Crippen molar-refractivity contribution in [3.63, 3.8) is 0 Å². The van der Waals surface area contributed by atoms with E-state index in [1.54, 1.807) is 18.1 Å². The van der Waals surface area contributed by atoms with Gasteiger partial charge in [-0.25, -0.2) is 4.98 Å². The van der Waals surface area contributed by atoms with Gasteiger partial charge in [-0.05, 0) is 49.9 Å². The second-order valence-electron chi connectivity index (χ2n) is 7.53. The van der Waals surface area contributed by atoms with Gasteiger partial charge in [0.15, 0.2) is 7.85 Å². The van der Waals surface area contributed by atoms with Crippen LogP contribution in [-0.4, -0.2) is 35.7 Å². The summed E-state index contributed by atoms with van der Waals surface area (Å²) in [5.74, 6) is -0.196. The van der Waals surface area contributed by atoms with Gasteiger partial charge in [-0.1, -0.05) is 48.5 Å². The lowest BCUT2D eigenvalue weighted by Gasteiger charge is -2.36. The zero-order valence-electron chi connectivity index (χ0n) is 17.0. The van der Waals surface area contributed by atoms with E-state index in [0.717, 1.165) is 22.3 Å². The van der Waals surface area contributed by atoms with Gasteiger partial charge in [0.2, 0.25) is 0 Å². The molecular weight excluding hydrogens is 345 g/mol. The Balaban J connectivity index is 2.09. The van der Waals surface area contributed by atoms with Crippen molar-refractivity contribution in [1.29, 1.82) is 0 Å². The van der Waals surface area contributed by atoms with Crippen LogP contribution in [0.25, 0.3) is 11.1 Å². The molecule has 1 heterocycles. The van der Waals surface area contributed by atoms with Gasteiger partial charge in [-0.2, -0.15) is 0 Å². The predicted octanol–water partition coefficient (Wildman–Crippen LogP) is 3.56. The predicted molar refractivity (Wildman–Crippen MR) is 114 cm³/mol. The average molecular weight is 369 g/mol. The number of benzene rings is 2. The normalized spacial score (nSPS) is 11.3. The highest BCUT2D eigenvalue weighted by Crippen LogP contribution is 2.31. The van der Waals surface area contributed by atoms with Crippen molar-refractivity contribution in [3.8, 4) is 11.1 Å². The standard InChI is InChI=1S/C23H24BN3O/c1-15-10-9-13-18(16(15)2)19-14-25-22(24)26-20(19)21(28)27(5)23(3,4)17-11-7-6-8-12-17/h6-14H,1-5H3. The molecule has 2 aromatic carbocycles. The quantitative estimate of drug-likeness (QED) is 0.661. The number of nitrogens with zero attached hydrogens (tertiary/aromatic N) is 3. The fraction of sp³-hybridized carbons (Fsp3) is 0.261. The maximum absolute atomic E-state index is 13.5. The minimum absolute atomic E-state index is 0.0864. The molecule has 0 aliphatic heterocycles. The Morgan fingerprint density at radius 1 is 1.00 bits per heavy atom. The van der Waals surface area contributed by atoms with Crippen molar-refractivity contribution in [1.82, 2.24) is 14.9 Å². The second kappa shape index (κ2) is 7.59. The monoisotopic (exact) mass is 369 g/mol. The zero-order valence-corrected chi connectivity index (χ0v) is 17.0. The number of hydrogen-bond donors (Lipinski definition) is 0. The van der Waals surface area contributed by atoms with Crippen LogP contribution >= 0.6 is 0 Å². The van der Waals surface area contributed by atoms with Crippen LogP contribution in [0, 0.1) is 13.8 Å². The first-order valence-corrected chi connectivity index (χ1v) is 9.26. The number of rotatable bonds is 4. The van der Waals surface area contributed by atoms with Gasteiger partial charge >= 0.3 is 0 Å². The van der Waals surface area contributed by atoms with Crippen LogP contribution < -0.4 is 5.72 Å². The highest BCUT2D eigenvalue weighted by atomic mass is 16.2. The molecule has 0 unspecified atom stereocenters. The maximum Gasteiger partial charge on any atom is 0.273 e. The summed E-state index contributed by atoms with van der Waals surface area (Å²) in [6, 6.07) is 15.9. The molecule has 1 amide bonds. The van der Waals surface area contributed by atoms with Gasteiger partial charge < -0.3 is 4.90 Å². The first-order chi connectivity index (χ1) is 13.2. The Morgan fingerprint density at radius 2 is 1.68 bits per heavy atom. The average Bonchev–Trinajstić information content (AvgIpc) is 2.70. The van der Waals surface area contributed by atoms with Gasteiger partial charge in [-0.15, -0.1) is 0 Å². The Hall–Kier alpha value is -2.95. The Bertz CT molecular complexity index is 1020. The van der Waals surface area contributed by atoms with Crippen LogP contribution in [0.5, 0.6) is 0 Å². The van der Waals surface area contributed by atoms with Crippen molar-refractivity contribution < 1.29 is 4.79 Å². The minimum atomic E-state index is -0.517. The van der Waals surface area contributed by atoms with E-state index in [1.165, 1.54) is 0 Å². The van der Waals surface area contributed by atoms with Crippen LogP contribution in [0.4, 0.5) is 0 Å². The lowest BCUT2D eigenvalue weighted by Crippen LogP contribution is -2.43. The number of hydrogen-bond acceptors (Lipinski definition) is 3. The van der Waals surface area contributed by atoms with E-state index >= 15 is 0 Å². The largest absolute Gasteiger partial charge is 0.331 e. The van der Waals surface area contributed by atoms with Gasteiger partial charge in [-0.3, -0.25) is 9.78 Å². The summed E-state index contributed by atoms with van der Waals surface area (Å²) >= 11 is 0. The fourth-order valence-electron chi connectivity index (χ4n) is 3.25. The lowest BCUT2D eigenvalue weighted by atomic mass is 9.91. The zero-order chi connectivity index (χ0) is 20.5. The molecule has 0 atom stereocenters. The highest BCUT2D eigenvalue weighted by molar-refractivity contribution is 6.29. The lowest BCUT2D eigenvalue weighted by molar-refractivity contribution is 0.0617. The second-order valence-corrected chi connectivity index (χ2v) is 7.53. The van der Waals surface area contributed by atoms with E-state index in [1.807, 2.05) is 76.2 Å². The molecule has 0 aliphatic carbocycles. The summed E-state index contributed by atoms with van der Waals surface area (Å²) in [6.07, 6.45) is 1.64. The Labute approximate surface area is 168 Å². The third-order valence-electron chi connectivity index (χ3n) is 5.53. The summed E-state index contributed by atoms with van der Waals surface area (Å²) < 4.78 is 0. The molecule has 3 aromatic rings. The molecule has 0 N–H and O–H groups in total. The molecule has 4 nitrogen and oxygen atoms in total. The van der Waals surface area contributed by atoms with Crippen LogP contribution in [0.2, 0.25) is 0 Å². The molecule has 3 rings (SSSR count). The van der Waals surface area contributed by atoms with Gasteiger partial charge in [0.05, 0.1) is 11.3 Å². The summed E-state index contributed by atoms with van der Waals surface area (Å²) in [7, 11) is 7.63. The molecule has 5 heteroatoms. The van der Waals surface area contributed by atoms with Crippen molar-refractivity contribution in [3.05, 3.63) is 77.1 Å². The number of carbonyl (C=O) groups is 1. The van der Waals surface area contributed by atoms with Crippen LogP contribution in [0.1, 0.15) is 41.0 Å². The summed E-state index contributed by atoms with van der Waals surface area (Å²) in [5.41, 5.74) is 4.79. The molecule has 0 saturated heterocycles. The Morgan fingerprint density at radius 3 is 2.36 bits per heavy atom. The molecule has 2 radical (unpaired) electrons. The van der Waals surface area contributed by atoms with Crippen molar-refractivity contribution in [2.45, 2.75) is 33.2 Å².